The second-order valence-electron chi connectivity index (χ2n) is 10.2. The van der Waals surface area contributed by atoms with E-state index >= 15 is 0 Å². The maximum Gasteiger partial charge on any atom is 0.160 e. The molecule has 36 heavy (non-hydrogen) atoms. The quantitative estimate of drug-likeness (QED) is 0.279. The molecule has 0 spiro atoms. The van der Waals surface area contributed by atoms with E-state index in [2.05, 4.69) is 102 Å². The predicted molar refractivity (Wildman–Crippen MR) is 149 cm³/mol. The summed E-state index contributed by atoms with van der Waals surface area (Å²) in [6, 6.07) is 32.5. The summed E-state index contributed by atoms with van der Waals surface area (Å²) in [5, 5.41) is 13.2. The number of hydrogen-bond acceptors (Lipinski definition) is 3. The van der Waals surface area contributed by atoms with E-state index in [0.717, 1.165) is 18.5 Å². The molecule has 4 heteroatoms. The van der Waals surface area contributed by atoms with Crippen LogP contribution in [-0.4, -0.2) is 22.8 Å². The van der Waals surface area contributed by atoms with Crippen molar-refractivity contribution >= 4 is 33.2 Å². The molecule has 6 rings (SSSR count). The molecule has 0 bridgehead atoms. The van der Waals surface area contributed by atoms with Gasteiger partial charge in [0.05, 0.1) is 13.2 Å². The molecule has 2 unspecified atom stereocenters. The molecule has 4 nitrogen and oxygen atoms in total. The molecule has 2 heterocycles. The van der Waals surface area contributed by atoms with Crippen LogP contribution in [0.4, 0.5) is 11.4 Å². The first-order chi connectivity index (χ1) is 17.6. The van der Waals surface area contributed by atoms with Crippen molar-refractivity contribution in [2.24, 2.45) is 5.92 Å². The van der Waals surface area contributed by atoms with Crippen LogP contribution in [-0.2, 0) is 0 Å². The Kier molecular flexibility index (Phi) is 5.60. The summed E-state index contributed by atoms with van der Waals surface area (Å²) in [5.74, 6) is 1.20. The molecular weight excluding hydrogens is 444 g/mol. The first-order valence-corrected chi connectivity index (χ1v) is 12.8. The molecule has 5 aromatic rings. The molecule has 0 saturated carbocycles. The Labute approximate surface area is 212 Å². The summed E-state index contributed by atoms with van der Waals surface area (Å²) >= 11 is 0. The minimum atomic E-state index is 0.167. The number of hydrogen-bond donors (Lipinski definition) is 1. The van der Waals surface area contributed by atoms with E-state index in [1.165, 1.54) is 33.1 Å². The third-order valence-corrected chi connectivity index (χ3v) is 7.53. The topological polar surface area (TPSA) is 37.6 Å². The van der Waals surface area contributed by atoms with E-state index in [1.807, 2.05) is 12.1 Å². The van der Waals surface area contributed by atoms with Crippen LogP contribution in [0, 0.1) is 5.92 Å². The standard InChI is InChI=1S/C32H32N2O2/c1-21(2)18-23-19-30(34-27-13-7-4-10-24(27)25-11-5-8-14-28(25)34)26-12-6-9-15-29(26)33(23)22-16-17-32(36-3)31(35)20-22/h4-17,20-21,23,30,35H,18-19H2,1-3H3. The van der Waals surface area contributed by atoms with Crippen LogP contribution in [0.3, 0.4) is 0 Å². The number of ether oxygens (including phenoxy) is 1. The number of aromatic nitrogens is 1. The molecule has 0 saturated heterocycles. The molecule has 1 aromatic heterocycles. The van der Waals surface area contributed by atoms with Crippen molar-refractivity contribution < 1.29 is 9.84 Å². The SMILES string of the molecule is COc1ccc(N2c3ccccc3C(n3c4ccccc4c4ccccc43)CC2CC(C)C)cc1O. The highest BCUT2D eigenvalue weighted by molar-refractivity contribution is 6.08. The molecule has 0 fully saturated rings. The van der Waals surface area contributed by atoms with Gasteiger partial charge in [-0.2, -0.15) is 0 Å². The van der Waals surface area contributed by atoms with Crippen LogP contribution in [0.2, 0.25) is 0 Å². The van der Waals surface area contributed by atoms with Crippen LogP contribution >= 0.6 is 0 Å². The molecule has 1 N–H and O–H groups in total. The normalized spacial score (nSPS) is 17.6. The van der Waals surface area contributed by atoms with Gasteiger partial charge < -0.3 is 19.3 Å². The summed E-state index contributed by atoms with van der Waals surface area (Å²) in [6.07, 6.45) is 2.03. The zero-order chi connectivity index (χ0) is 24.8. The third kappa shape index (κ3) is 3.60. The van der Waals surface area contributed by atoms with Crippen LogP contribution < -0.4 is 9.64 Å². The summed E-state index contributed by atoms with van der Waals surface area (Å²) in [6.45, 7) is 4.58. The van der Waals surface area contributed by atoms with Crippen molar-refractivity contribution in [3.63, 3.8) is 0 Å². The van der Waals surface area contributed by atoms with Gasteiger partial charge in [0, 0.05) is 45.3 Å². The minimum Gasteiger partial charge on any atom is -0.504 e. The molecule has 182 valence electrons. The van der Waals surface area contributed by atoms with Gasteiger partial charge in [0.15, 0.2) is 11.5 Å². The Hall–Kier alpha value is -3.92. The Balaban J connectivity index is 1.58. The molecule has 0 amide bonds. The molecule has 0 radical (unpaired) electrons. The summed E-state index contributed by atoms with van der Waals surface area (Å²) in [7, 11) is 1.59. The number of fused-ring (bicyclic) bond motifs is 4. The number of aromatic hydroxyl groups is 1. The van der Waals surface area contributed by atoms with Gasteiger partial charge in [0.25, 0.3) is 0 Å². The van der Waals surface area contributed by atoms with E-state index in [0.29, 0.717) is 11.7 Å². The second-order valence-corrected chi connectivity index (χ2v) is 10.2. The molecule has 0 aliphatic carbocycles. The second kappa shape index (κ2) is 8.94. The fraction of sp³-hybridized carbons (Fsp3) is 0.250. The highest BCUT2D eigenvalue weighted by Crippen LogP contribution is 2.48. The summed E-state index contributed by atoms with van der Waals surface area (Å²) < 4.78 is 7.88. The van der Waals surface area contributed by atoms with Crippen molar-refractivity contribution in [2.45, 2.75) is 38.8 Å². The molecule has 1 aliphatic heterocycles. The van der Waals surface area contributed by atoms with E-state index in [-0.39, 0.29) is 17.8 Å². The Bertz CT molecular complexity index is 1500. The molecule has 4 aromatic carbocycles. The Morgan fingerprint density at radius 1 is 0.861 bits per heavy atom. The average Bonchev–Trinajstić information content (AvgIpc) is 3.22. The van der Waals surface area contributed by atoms with Crippen molar-refractivity contribution in [1.29, 1.82) is 0 Å². The van der Waals surface area contributed by atoms with Crippen LogP contribution in [0.15, 0.2) is 91.0 Å². The number of nitrogens with zero attached hydrogens (tertiary/aromatic N) is 2. The number of anilines is 2. The van der Waals surface area contributed by atoms with Gasteiger partial charge in [-0.1, -0.05) is 68.4 Å². The number of phenolic OH excluding ortho intramolecular Hbond substituents is 1. The van der Waals surface area contributed by atoms with Crippen molar-refractivity contribution in [3.05, 3.63) is 96.6 Å². The van der Waals surface area contributed by atoms with Crippen LogP contribution in [0.25, 0.3) is 21.8 Å². The van der Waals surface area contributed by atoms with Crippen molar-refractivity contribution in [1.82, 2.24) is 4.57 Å². The molecular formula is C32H32N2O2. The van der Waals surface area contributed by atoms with Gasteiger partial charge in [-0.15, -0.1) is 0 Å². The fourth-order valence-corrected chi connectivity index (χ4v) is 6.13. The highest BCUT2D eigenvalue weighted by atomic mass is 16.5. The maximum absolute atomic E-state index is 10.6. The number of phenols is 1. The van der Waals surface area contributed by atoms with Gasteiger partial charge in [0.1, 0.15) is 0 Å². The number of methoxy groups -OCH3 is 1. The smallest absolute Gasteiger partial charge is 0.160 e. The van der Waals surface area contributed by atoms with E-state index < -0.39 is 0 Å². The fourth-order valence-electron chi connectivity index (χ4n) is 6.13. The van der Waals surface area contributed by atoms with Gasteiger partial charge >= 0.3 is 0 Å². The largest absolute Gasteiger partial charge is 0.504 e. The zero-order valence-corrected chi connectivity index (χ0v) is 21.1. The minimum absolute atomic E-state index is 0.167. The maximum atomic E-state index is 10.6. The lowest BCUT2D eigenvalue weighted by Crippen LogP contribution is -2.39. The average molecular weight is 477 g/mol. The lowest BCUT2D eigenvalue weighted by Gasteiger charge is -2.44. The van der Waals surface area contributed by atoms with E-state index in [1.54, 1.807) is 7.11 Å². The number of para-hydroxylation sites is 3. The number of rotatable bonds is 5. The highest BCUT2D eigenvalue weighted by Gasteiger charge is 2.36. The van der Waals surface area contributed by atoms with Gasteiger partial charge in [-0.25, -0.2) is 0 Å². The molecule has 1 aliphatic rings. The van der Waals surface area contributed by atoms with Crippen molar-refractivity contribution in [3.8, 4) is 11.5 Å². The van der Waals surface area contributed by atoms with Gasteiger partial charge in [0.2, 0.25) is 0 Å². The predicted octanol–water partition coefficient (Wildman–Crippen LogP) is 8.05. The Morgan fingerprint density at radius 3 is 2.14 bits per heavy atom. The number of benzene rings is 4. The van der Waals surface area contributed by atoms with Crippen molar-refractivity contribution in [2.75, 3.05) is 12.0 Å². The zero-order valence-electron chi connectivity index (χ0n) is 21.1. The lowest BCUT2D eigenvalue weighted by atomic mass is 9.86. The van der Waals surface area contributed by atoms with E-state index in [4.69, 9.17) is 4.74 Å². The molecule has 2 atom stereocenters. The van der Waals surface area contributed by atoms with Gasteiger partial charge in [-0.05, 0) is 54.7 Å². The lowest BCUT2D eigenvalue weighted by molar-refractivity contribution is 0.372. The van der Waals surface area contributed by atoms with E-state index in [9.17, 15) is 5.11 Å². The first-order valence-electron chi connectivity index (χ1n) is 12.8. The summed E-state index contributed by atoms with van der Waals surface area (Å²) in [4.78, 5) is 2.43. The monoisotopic (exact) mass is 476 g/mol. The van der Waals surface area contributed by atoms with Crippen LogP contribution in [0.1, 0.15) is 38.3 Å². The summed E-state index contributed by atoms with van der Waals surface area (Å²) in [5.41, 5.74) is 6.05. The third-order valence-electron chi connectivity index (χ3n) is 7.53. The van der Waals surface area contributed by atoms with Crippen LogP contribution in [0.5, 0.6) is 11.5 Å². The van der Waals surface area contributed by atoms with Gasteiger partial charge in [-0.3, -0.25) is 0 Å². The first kappa shape index (κ1) is 22.5. The Morgan fingerprint density at radius 2 is 1.50 bits per heavy atom.